The van der Waals surface area contributed by atoms with E-state index in [4.69, 9.17) is 17.0 Å². The lowest BCUT2D eigenvalue weighted by Crippen LogP contribution is -2.47. The van der Waals surface area contributed by atoms with Crippen LogP contribution in [-0.4, -0.2) is 78.6 Å². The second-order valence-corrected chi connectivity index (χ2v) is 10.9. The first kappa shape index (κ1) is 30.4. The number of hydrogen-bond acceptors (Lipinski definition) is 6. The number of halogens is 2. The molecule has 3 aromatic carbocycles. The third-order valence-electron chi connectivity index (χ3n) is 7.67. The first-order valence-corrected chi connectivity index (χ1v) is 14.9. The molecule has 8 nitrogen and oxygen atoms in total. The Labute approximate surface area is 255 Å². The van der Waals surface area contributed by atoms with Gasteiger partial charge in [-0.1, -0.05) is 0 Å². The van der Waals surface area contributed by atoms with Crippen LogP contribution in [0, 0.1) is 11.6 Å². The molecule has 5 rings (SSSR count). The Bertz CT molecular complexity index is 1410. The Morgan fingerprint density at radius 1 is 0.884 bits per heavy atom. The van der Waals surface area contributed by atoms with Crippen molar-refractivity contribution in [2.45, 2.75) is 25.8 Å². The van der Waals surface area contributed by atoms with Crippen LogP contribution in [0.5, 0.6) is 5.75 Å². The van der Waals surface area contributed by atoms with Crippen molar-refractivity contribution in [3.63, 3.8) is 0 Å². The average molecular weight is 608 g/mol. The number of carbonyl (C=O) groups is 2. The molecule has 1 N–H and O–H groups in total. The highest BCUT2D eigenvalue weighted by atomic mass is 32.1. The van der Waals surface area contributed by atoms with Gasteiger partial charge in [-0.2, -0.15) is 0 Å². The number of ether oxygens (including phenoxy) is 1. The first-order chi connectivity index (χ1) is 20.8. The monoisotopic (exact) mass is 607 g/mol. The molecule has 0 bridgehead atoms. The molecule has 3 aromatic rings. The van der Waals surface area contributed by atoms with E-state index < -0.39 is 11.9 Å². The van der Waals surface area contributed by atoms with Gasteiger partial charge in [0.2, 0.25) is 5.91 Å². The topological polar surface area (TPSA) is 68.4 Å². The molecule has 2 heterocycles. The zero-order valence-electron chi connectivity index (χ0n) is 24.0. The van der Waals surface area contributed by atoms with Gasteiger partial charge in [0.25, 0.3) is 5.91 Å². The van der Waals surface area contributed by atoms with Crippen molar-refractivity contribution in [2.75, 3.05) is 61.0 Å². The number of hydrogen-bond donors (Lipinski definition) is 1. The Kier molecular flexibility index (Phi) is 9.83. The van der Waals surface area contributed by atoms with Gasteiger partial charge in [-0.25, -0.2) is 8.78 Å². The number of anilines is 3. The lowest BCUT2D eigenvalue weighted by molar-refractivity contribution is -0.124. The Balaban J connectivity index is 1.23. The number of piperazine rings is 1. The molecule has 0 aromatic heterocycles. The van der Waals surface area contributed by atoms with E-state index in [1.165, 1.54) is 41.3 Å². The zero-order chi connectivity index (χ0) is 30.3. The summed E-state index contributed by atoms with van der Waals surface area (Å²) in [6.45, 7) is 7.14. The number of nitrogens with one attached hydrogen (secondary N) is 1. The summed E-state index contributed by atoms with van der Waals surface area (Å²) in [6.07, 6.45) is 0.650. The maximum absolute atomic E-state index is 13.7. The van der Waals surface area contributed by atoms with Gasteiger partial charge < -0.3 is 19.9 Å². The minimum atomic E-state index is -0.769. The van der Waals surface area contributed by atoms with E-state index in [9.17, 15) is 18.4 Å². The van der Waals surface area contributed by atoms with Gasteiger partial charge in [0.05, 0.1) is 18.7 Å². The van der Waals surface area contributed by atoms with E-state index in [2.05, 4.69) is 15.1 Å². The molecule has 0 saturated carbocycles. The fourth-order valence-electron chi connectivity index (χ4n) is 5.45. The van der Waals surface area contributed by atoms with Crippen LogP contribution in [0.4, 0.5) is 25.8 Å². The second-order valence-electron chi connectivity index (χ2n) is 10.5. The zero-order valence-corrected chi connectivity index (χ0v) is 24.9. The molecular weight excluding hydrogens is 572 g/mol. The smallest absolute Gasteiger partial charge is 0.256 e. The van der Waals surface area contributed by atoms with E-state index in [0.717, 1.165) is 44.8 Å². The maximum atomic E-state index is 13.7. The number of nitrogens with zero attached hydrogens (tertiary/aromatic N) is 4. The summed E-state index contributed by atoms with van der Waals surface area (Å²) in [4.78, 5) is 34.7. The summed E-state index contributed by atoms with van der Waals surface area (Å²) >= 11 is 5.81. The number of thiocarbonyl (C=S) groups is 1. The largest absolute Gasteiger partial charge is 0.494 e. The fraction of sp³-hybridized carbons (Fsp3) is 0.344. The summed E-state index contributed by atoms with van der Waals surface area (Å²) < 4.78 is 32.2. The van der Waals surface area contributed by atoms with Gasteiger partial charge >= 0.3 is 0 Å². The summed E-state index contributed by atoms with van der Waals surface area (Å²) in [5.74, 6) is -0.577. The third kappa shape index (κ3) is 7.47. The molecule has 0 spiro atoms. The van der Waals surface area contributed by atoms with Crippen LogP contribution in [0.1, 0.15) is 19.8 Å². The van der Waals surface area contributed by atoms with Crippen molar-refractivity contribution < 1.29 is 23.1 Å². The number of amides is 2. The predicted octanol–water partition coefficient (Wildman–Crippen LogP) is 4.91. The van der Waals surface area contributed by atoms with Gasteiger partial charge in [-0.15, -0.1) is 0 Å². The van der Waals surface area contributed by atoms with E-state index in [1.807, 2.05) is 11.8 Å². The minimum Gasteiger partial charge on any atom is -0.494 e. The Morgan fingerprint density at radius 2 is 1.49 bits per heavy atom. The lowest BCUT2D eigenvalue weighted by Gasteiger charge is -2.36. The number of rotatable bonds is 11. The number of benzene rings is 3. The molecule has 2 aliphatic heterocycles. The summed E-state index contributed by atoms with van der Waals surface area (Å²) in [6, 6.07) is 18.5. The van der Waals surface area contributed by atoms with Crippen molar-refractivity contribution in [2.24, 2.45) is 0 Å². The van der Waals surface area contributed by atoms with Crippen molar-refractivity contribution in [1.29, 1.82) is 0 Å². The molecule has 2 fully saturated rings. The van der Waals surface area contributed by atoms with Gasteiger partial charge in [-0.3, -0.25) is 19.4 Å². The van der Waals surface area contributed by atoms with Crippen molar-refractivity contribution >= 4 is 46.2 Å². The molecule has 2 aliphatic rings. The Morgan fingerprint density at radius 3 is 2.12 bits per heavy atom. The molecule has 1 atom stereocenters. The second kappa shape index (κ2) is 13.9. The van der Waals surface area contributed by atoms with Crippen LogP contribution in [0.15, 0.2) is 72.8 Å². The molecule has 43 heavy (non-hydrogen) atoms. The highest BCUT2D eigenvalue weighted by Crippen LogP contribution is 2.29. The Hall–Kier alpha value is -4.09. The molecular formula is C32H35F2N5O3S. The standard InChI is InChI=1S/C32H35F2N5O3S/c1-2-42-28-14-12-27(13-15-28)39-31(41)29(22-30(40)35-25-8-4-23(33)5-9-25)38(32(39)43)17-3-16-36-18-20-37(21-19-36)26-10-6-24(34)7-11-26/h4-15,29H,2-3,16-22H2,1H3,(H,35,40). The molecule has 2 amide bonds. The van der Waals surface area contributed by atoms with Crippen LogP contribution in [0.25, 0.3) is 0 Å². The van der Waals surface area contributed by atoms with Crippen LogP contribution in [-0.2, 0) is 9.59 Å². The van der Waals surface area contributed by atoms with Gasteiger partial charge in [0.1, 0.15) is 23.4 Å². The molecule has 0 radical (unpaired) electrons. The molecule has 1 unspecified atom stereocenters. The number of carbonyl (C=O) groups excluding carboxylic acids is 2. The summed E-state index contributed by atoms with van der Waals surface area (Å²) in [5, 5.41) is 3.12. The lowest BCUT2D eigenvalue weighted by atomic mass is 10.1. The van der Waals surface area contributed by atoms with Gasteiger partial charge in [-0.05, 0) is 105 Å². The van der Waals surface area contributed by atoms with E-state index >= 15 is 0 Å². The fourth-order valence-corrected chi connectivity index (χ4v) is 5.86. The van der Waals surface area contributed by atoms with Crippen molar-refractivity contribution in [3.05, 3.63) is 84.4 Å². The SMILES string of the molecule is CCOc1ccc(N2C(=O)C(CC(=O)Nc3ccc(F)cc3)N(CCCN3CCN(c4ccc(F)cc4)CC3)C2=S)cc1. The minimum absolute atomic E-state index is 0.0970. The van der Waals surface area contributed by atoms with Gasteiger partial charge in [0, 0.05) is 44.1 Å². The van der Waals surface area contributed by atoms with Crippen molar-refractivity contribution in [1.82, 2.24) is 9.80 Å². The van der Waals surface area contributed by atoms with E-state index in [1.54, 1.807) is 36.4 Å². The van der Waals surface area contributed by atoms with E-state index in [-0.39, 0.29) is 24.1 Å². The highest BCUT2D eigenvalue weighted by molar-refractivity contribution is 7.80. The molecule has 2 saturated heterocycles. The molecule has 226 valence electrons. The normalized spacial score (nSPS) is 17.5. The van der Waals surface area contributed by atoms with E-state index in [0.29, 0.717) is 35.4 Å². The van der Waals surface area contributed by atoms with Crippen molar-refractivity contribution in [3.8, 4) is 5.75 Å². The van der Waals surface area contributed by atoms with Gasteiger partial charge in [0.15, 0.2) is 5.11 Å². The van der Waals surface area contributed by atoms with Crippen LogP contribution in [0.2, 0.25) is 0 Å². The first-order valence-electron chi connectivity index (χ1n) is 14.5. The summed E-state index contributed by atoms with van der Waals surface area (Å²) in [7, 11) is 0. The predicted molar refractivity (Wildman–Crippen MR) is 168 cm³/mol. The molecule has 0 aliphatic carbocycles. The third-order valence-corrected chi connectivity index (χ3v) is 8.09. The summed E-state index contributed by atoms with van der Waals surface area (Å²) in [5.41, 5.74) is 2.08. The van der Waals surface area contributed by atoms with Crippen LogP contribution in [0.3, 0.4) is 0 Å². The maximum Gasteiger partial charge on any atom is 0.256 e. The average Bonchev–Trinajstić information content (AvgIpc) is 3.23. The van der Waals surface area contributed by atoms with Crippen LogP contribution >= 0.6 is 12.2 Å². The van der Waals surface area contributed by atoms with Crippen LogP contribution < -0.4 is 19.9 Å². The quantitative estimate of drug-likeness (QED) is 0.311. The highest BCUT2D eigenvalue weighted by Gasteiger charge is 2.44. The molecule has 11 heteroatoms.